The first kappa shape index (κ1) is 9.89. The average molecular weight is 148 g/mol. The first-order valence-electron chi connectivity index (χ1n) is 3.91. The summed E-state index contributed by atoms with van der Waals surface area (Å²) in [6.45, 7) is 3.91. The van der Waals surface area contributed by atoms with Gasteiger partial charge in [0.25, 0.3) is 0 Å². The smallest absolute Gasteiger partial charge is 0.123 e. The van der Waals surface area contributed by atoms with Crippen LogP contribution in [0.3, 0.4) is 0 Å². The van der Waals surface area contributed by atoms with Crippen molar-refractivity contribution in [3.63, 3.8) is 0 Å². The Kier molecular flexibility index (Phi) is 5.60. The quantitative estimate of drug-likeness (QED) is 0.633. The molecule has 10 heavy (non-hydrogen) atoms. The van der Waals surface area contributed by atoms with E-state index >= 15 is 0 Å². The zero-order valence-electron chi connectivity index (χ0n) is 6.81. The lowest BCUT2D eigenvalue weighted by Crippen LogP contribution is -2.05. The molecular weight excluding hydrogens is 131 g/mol. The SMILES string of the molecule is CC(C)CCCC(F)CO. The first-order valence-corrected chi connectivity index (χ1v) is 3.91. The van der Waals surface area contributed by atoms with Crippen LogP contribution in [-0.2, 0) is 0 Å². The van der Waals surface area contributed by atoms with E-state index in [4.69, 9.17) is 5.11 Å². The Hall–Kier alpha value is -0.110. The predicted molar refractivity (Wildman–Crippen MR) is 40.7 cm³/mol. The number of aliphatic hydroxyl groups is 1. The molecular formula is C8H17FO. The van der Waals surface area contributed by atoms with Gasteiger partial charge >= 0.3 is 0 Å². The van der Waals surface area contributed by atoms with Gasteiger partial charge in [-0.15, -0.1) is 0 Å². The van der Waals surface area contributed by atoms with Crippen molar-refractivity contribution in [2.24, 2.45) is 5.92 Å². The van der Waals surface area contributed by atoms with Gasteiger partial charge in [0.2, 0.25) is 0 Å². The summed E-state index contributed by atoms with van der Waals surface area (Å²) in [5, 5.41) is 8.33. The molecule has 0 saturated heterocycles. The maximum atomic E-state index is 12.3. The summed E-state index contributed by atoms with van der Waals surface area (Å²) in [6.07, 6.45) is 1.45. The number of halogens is 1. The summed E-state index contributed by atoms with van der Waals surface area (Å²) in [5.74, 6) is 0.644. The highest BCUT2D eigenvalue weighted by Gasteiger charge is 2.03. The summed E-state index contributed by atoms with van der Waals surface area (Å²) < 4.78 is 12.3. The Morgan fingerprint density at radius 2 is 1.90 bits per heavy atom. The molecule has 1 N–H and O–H groups in total. The average Bonchev–Trinajstić information content (AvgIpc) is 1.87. The molecule has 0 aliphatic carbocycles. The van der Waals surface area contributed by atoms with Crippen molar-refractivity contribution < 1.29 is 9.50 Å². The fraction of sp³-hybridized carbons (Fsp3) is 1.00. The zero-order chi connectivity index (χ0) is 7.98. The standard InChI is InChI=1S/C8H17FO/c1-7(2)4-3-5-8(9)6-10/h7-8,10H,3-6H2,1-2H3. The molecule has 0 aromatic heterocycles. The van der Waals surface area contributed by atoms with Gasteiger partial charge in [0.1, 0.15) is 6.17 Å². The molecule has 0 aliphatic heterocycles. The maximum Gasteiger partial charge on any atom is 0.123 e. The maximum absolute atomic E-state index is 12.3. The second kappa shape index (κ2) is 5.66. The van der Waals surface area contributed by atoms with Crippen LogP contribution in [-0.4, -0.2) is 17.9 Å². The Balaban J connectivity index is 3.03. The Morgan fingerprint density at radius 3 is 2.30 bits per heavy atom. The van der Waals surface area contributed by atoms with E-state index in [9.17, 15) is 4.39 Å². The first-order chi connectivity index (χ1) is 4.66. The summed E-state index contributed by atoms with van der Waals surface area (Å²) in [4.78, 5) is 0. The van der Waals surface area contributed by atoms with Crippen molar-refractivity contribution in [1.82, 2.24) is 0 Å². The number of hydrogen-bond donors (Lipinski definition) is 1. The topological polar surface area (TPSA) is 20.2 Å². The van der Waals surface area contributed by atoms with Crippen LogP contribution in [0.1, 0.15) is 33.1 Å². The summed E-state index contributed by atoms with van der Waals surface area (Å²) in [7, 11) is 0. The minimum Gasteiger partial charge on any atom is -0.393 e. The lowest BCUT2D eigenvalue weighted by Gasteiger charge is -2.05. The molecule has 0 radical (unpaired) electrons. The summed E-state index contributed by atoms with van der Waals surface area (Å²) in [6, 6.07) is 0. The molecule has 2 heteroatoms. The van der Waals surface area contributed by atoms with Gasteiger partial charge in [0.05, 0.1) is 6.61 Å². The fourth-order valence-corrected chi connectivity index (χ4v) is 0.839. The van der Waals surface area contributed by atoms with Gasteiger partial charge in [-0.25, -0.2) is 4.39 Å². The van der Waals surface area contributed by atoms with E-state index in [0.29, 0.717) is 12.3 Å². The van der Waals surface area contributed by atoms with Crippen molar-refractivity contribution in [1.29, 1.82) is 0 Å². The number of hydrogen-bond acceptors (Lipinski definition) is 1. The van der Waals surface area contributed by atoms with Crippen molar-refractivity contribution in [2.45, 2.75) is 39.3 Å². The minimum atomic E-state index is -1.00. The van der Waals surface area contributed by atoms with Crippen LogP contribution >= 0.6 is 0 Å². The van der Waals surface area contributed by atoms with Crippen LogP contribution < -0.4 is 0 Å². The van der Waals surface area contributed by atoms with E-state index in [1.165, 1.54) is 0 Å². The van der Waals surface area contributed by atoms with Crippen LogP contribution in [0.25, 0.3) is 0 Å². The monoisotopic (exact) mass is 148 g/mol. The molecule has 1 atom stereocenters. The highest BCUT2D eigenvalue weighted by atomic mass is 19.1. The molecule has 0 aliphatic rings. The molecule has 1 nitrogen and oxygen atoms in total. The Labute approximate surface area is 62.3 Å². The van der Waals surface area contributed by atoms with E-state index in [1.807, 2.05) is 0 Å². The number of rotatable bonds is 5. The van der Waals surface area contributed by atoms with Gasteiger partial charge in [-0.05, 0) is 12.3 Å². The minimum absolute atomic E-state index is 0.321. The zero-order valence-corrected chi connectivity index (χ0v) is 6.81. The third-order valence-corrected chi connectivity index (χ3v) is 1.50. The van der Waals surface area contributed by atoms with Gasteiger partial charge in [0, 0.05) is 0 Å². The van der Waals surface area contributed by atoms with Gasteiger partial charge < -0.3 is 5.11 Å². The van der Waals surface area contributed by atoms with Gasteiger partial charge in [-0.3, -0.25) is 0 Å². The number of alkyl halides is 1. The molecule has 1 unspecified atom stereocenters. The van der Waals surface area contributed by atoms with Gasteiger partial charge in [0.15, 0.2) is 0 Å². The second-order valence-electron chi connectivity index (χ2n) is 3.10. The summed E-state index contributed by atoms with van der Waals surface area (Å²) in [5.41, 5.74) is 0. The number of aliphatic hydroxyl groups excluding tert-OH is 1. The lowest BCUT2D eigenvalue weighted by molar-refractivity contribution is 0.166. The summed E-state index contributed by atoms with van der Waals surface area (Å²) >= 11 is 0. The molecule has 0 saturated carbocycles. The van der Waals surface area contributed by atoms with E-state index in [-0.39, 0.29) is 6.61 Å². The van der Waals surface area contributed by atoms with Crippen molar-refractivity contribution in [3.8, 4) is 0 Å². The molecule has 62 valence electrons. The molecule has 0 bridgehead atoms. The van der Waals surface area contributed by atoms with Crippen LogP contribution in [0.2, 0.25) is 0 Å². The molecule has 0 amide bonds. The van der Waals surface area contributed by atoms with Crippen molar-refractivity contribution in [2.75, 3.05) is 6.61 Å². The van der Waals surface area contributed by atoms with Crippen LogP contribution in [0.5, 0.6) is 0 Å². The van der Waals surface area contributed by atoms with Crippen LogP contribution in [0.4, 0.5) is 4.39 Å². The van der Waals surface area contributed by atoms with E-state index < -0.39 is 6.17 Å². The predicted octanol–water partition coefficient (Wildman–Crippen LogP) is 2.14. The third kappa shape index (κ3) is 6.02. The van der Waals surface area contributed by atoms with Crippen LogP contribution in [0.15, 0.2) is 0 Å². The molecule has 0 aromatic rings. The second-order valence-corrected chi connectivity index (χ2v) is 3.10. The highest BCUT2D eigenvalue weighted by Crippen LogP contribution is 2.09. The lowest BCUT2D eigenvalue weighted by atomic mass is 10.1. The van der Waals surface area contributed by atoms with Crippen molar-refractivity contribution in [3.05, 3.63) is 0 Å². The molecule has 0 rings (SSSR count). The largest absolute Gasteiger partial charge is 0.393 e. The molecule has 0 aromatic carbocycles. The molecule has 0 heterocycles. The van der Waals surface area contributed by atoms with E-state index in [2.05, 4.69) is 13.8 Å². The van der Waals surface area contributed by atoms with Crippen LogP contribution in [0, 0.1) is 5.92 Å². The van der Waals surface area contributed by atoms with Gasteiger partial charge in [-0.1, -0.05) is 26.7 Å². The fourth-order valence-electron chi connectivity index (χ4n) is 0.839. The molecule has 0 fully saturated rings. The Morgan fingerprint density at radius 1 is 1.30 bits per heavy atom. The third-order valence-electron chi connectivity index (χ3n) is 1.50. The van der Waals surface area contributed by atoms with Gasteiger partial charge in [-0.2, -0.15) is 0 Å². The van der Waals surface area contributed by atoms with Crippen molar-refractivity contribution >= 4 is 0 Å². The van der Waals surface area contributed by atoms with E-state index in [1.54, 1.807) is 0 Å². The Bertz CT molecular complexity index is 73.7. The molecule has 0 spiro atoms. The van der Waals surface area contributed by atoms with E-state index in [0.717, 1.165) is 12.8 Å². The highest BCUT2D eigenvalue weighted by molar-refractivity contribution is 4.54. The normalized spacial score (nSPS) is 14.1.